The number of benzene rings is 3. The second-order valence-electron chi connectivity index (χ2n) is 7.40. The third-order valence-corrected chi connectivity index (χ3v) is 5.91. The van der Waals surface area contributed by atoms with E-state index in [9.17, 15) is 34.6 Å². The van der Waals surface area contributed by atoms with Crippen LogP contribution in [0.4, 0.5) is 16.2 Å². The summed E-state index contributed by atoms with van der Waals surface area (Å²) in [5.41, 5.74) is -0.203. The Hall–Kier alpha value is -4.84. The zero-order valence-electron chi connectivity index (χ0n) is 18.2. The van der Waals surface area contributed by atoms with Crippen LogP contribution in [-0.2, 0) is 4.79 Å². The van der Waals surface area contributed by atoms with Crippen molar-refractivity contribution in [1.29, 1.82) is 0 Å². The first-order valence-electron chi connectivity index (χ1n) is 10.3. The number of Topliss-reactive ketones (excluding diaryl/α,β-unsaturated/α-hetero) is 1. The van der Waals surface area contributed by atoms with Gasteiger partial charge in [0.15, 0.2) is 5.78 Å². The molecule has 1 fully saturated rings. The molecule has 180 valence electrons. The SMILES string of the molecule is O=C(CN1C(=O)S/C(=C/c2cccc(Oc3ccc([N+](=O)[O-])cc3[N+](=O)[O-])c2)C1=O)c1ccccc1. The highest BCUT2D eigenvalue weighted by Gasteiger charge is 2.36. The fourth-order valence-corrected chi connectivity index (χ4v) is 4.13. The molecule has 3 aromatic carbocycles. The van der Waals surface area contributed by atoms with E-state index in [1.165, 1.54) is 18.2 Å². The van der Waals surface area contributed by atoms with E-state index in [0.717, 1.165) is 23.1 Å². The molecule has 0 aromatic heterocycles. The van der Waals surface area contributed by atoms with Crippen molar-refractivity contribution in [2.45, 2.75) is 0 Å². The third kappa shape index (κ3) is 5.28. The second kappa shape index (κ2) is 10.2. The molecule has 36 heavy (non-hydrogen) atoms. The van der Waals surface area contributed by atoms with Gasteiger partial charge in [-0.05, 0) is 41.6 Å². The van der Waals surface area contributed by atoms with Crippen molar-refractivity contribution >= 4 is 46.1 Å². The van der Waals surface area contributed by atoms with Crippen LogP contribution in [0, 0.1) is 20.2 Å². The Morgan fingerprint density at radius 1 is 0.944 bits per heavy atom. The summed E-state index contributed by atoms with van der Waals surface area (Å²) in [5, 5.41) is 21.7. The van der Waals surface area contributed by atoms with E-state index in [1.807, 2.05) is 0 Å². The molecule has 0 N–H and O–H groups in total. The molecule has 1 aliphatic heterocycles. The Balaban J connectivity index is 1.53. The van der Waals surface area contributed by atoms with Crippen LogP contribution >= 0.6 is 11.8 Å². The van der Waals surface area contributed by atoms with Gasteiger partial charge in [0, 0.05) is 11.6 Å². The molecule has 1 heterocycles. The number of ketones is 1. The number of hydrogen-bond donors (Lipinski definition) is 0. The summed E-state index contributed by atoms with van der Waals surface area (Å²) >= 11 is 0.687. The standard InChI is InChI=1S/C24H15N3O8S/c28-20(16-6-2-1-3-7-16)14-25-23(29)22(36-24(25)30)12-15-5-4-8-18(11-15)35-21-10-9-17(26(31)32)13-19(21)27(33)34/h1-13H,14H2/b22-12+. The minimum atomic E-state index is -0.793. The van der Waals surface area contributed by atoms with Gasteiger partial charge in [-0.15, -0.1) is 0 Å². The number of nitro groups is 2. The quantitative estimate of drug-likeness (QED) is 0.174. The summed E-state index contributed by atoms with van der Waals surface area (Å²) in [7, 11) is 0. The maximum Gasteiger partial charge on any atom is 0.318 e. The van der Waals surface area contributed by atoms with Crippen LogP contribution in [0.15, 0.2) is 77.7 Å². The smallest absolute Gasteiger partial charge is 0.318 e. The molecule has 3 aromatic rings. The average Bonchev–Trinajstić information content (AvgIpc) is 3.12. The molecule has 12 heteroatoms. The molecule has 1 aliphatic rings. The monoisotopic (exact) mass is 505 g/mol. The maximum atomic E-state index is 12.8. The topological polar surface area (TPSA) is 150 Å². The van der Waals surface area contributed by atoms with Crippen LogP contribution in [0.3, 0.4) is 0 Å². The van der Waals surface area contributed by atoms with E-state index in [-0.39, 0.29) is 28.7 Å². The van der Waals surface area contributed by atoms with Crippen LogP contribution in [0.5, 0.6) is 11.5 Å². The van der Waals surface area contributed by atoms with Crippen LogP contribution in [0.2, 0.25) is 0 Å². The van der Waals surface area contributed by atoms with E-state index in [2.05, 4.69) is 0 Å². The molecule has 4 rings (SSSR count). The fraction of sp³-hybridized carbons (Fsp3) is 0.0417. The van der Waals surface area contributed by atoms with Gasteiger partial charge in [-0.25, -0.2) is 0 Å². The van der Waals surface area contributed by atoms with Crippen molar-refractivity contribution in [1.82, 2.24) is 4.90 Å². The number of amides is 2. The first kappa shape index (κ1) is 24.3. The molecule has 0 saturated carbocycles. The van der Waals surface area contributed by atoms with E-state index in [4.69, 9.17) is 4.74 Å². The molecule has 0 bridgehead atoms. The van der Waals surface area contributed by atoms with Crippen LogP contribution in [0.25, 0.3) is 6.08 Å². The van der Waals surface area contributed by atoms with Crippen LogP contribution in [-0.4, -0.2) is 38.2 Å². The summed E-state index contributed by atoms with van der Waals surface area (Å²) in [4.78, 5) is 59.3. The van der Waals surface area contributed by atoms with Crippen molar-refractivity contribution in [3.8, 4) is 11.5 Å². The van der Waals surface area contributed by atoms with Gasteiger partial charge in [-0.1, -0.05) is 42.5 Å². The Morgan fingerprint density at radius 3 is 2.39 bits per heavy atom. The number of carbonyl (C=O) groups is 3. The lowest BCUT2D eigenvalue weighted by Crippen LogP contribution is -2.33. The lowest BCUT2D eigenvalue weighted by Gasteiger charge is -2.11. The minimum Gasteiger partial charge on any atom is -0.450 e. The van der Waals surface area contributed by atoms with E-state index < -0.39 is 32.4 Å². The Morgan fingerprint density at radius 2 is 1.69 bits per heavy atom. The van der Waals surface area contributed by atoms with E-state index >= 15 is 0 Å². The zero-order valence-corrected chi connectivity index (χ0v) is 19.0. The Bertz CT molecular complexity index is 1440. The number of ether oxygens (including phenoxy) is 1. The number of rotatable bonds is 8. The number of imide groups is 1. The summed E-state index contributed by atoms with van der Waals surface area (Å²) in [6.07, 6.45) is 1.44. The molecule has 0 radical (unpaired) electrons. The van der Waals surface area contributed by atoms with Crippen molar-refractivity contribution < 1.29 is 29.0 Å². The molecule has 2 amide bonds. The number of nitrogens with zero attached hydrogens (tertiary/aromatic N) is 3. The number of nitro benzene ring substituents is 2. The molecule has 0 atom stereocenters. The van der Waals surface area contributed by atoms with Gasteiger partial charge >= 0.3 is 5.69 Å². The number of non-ortho nitro benzene ring substituents is 1. The molecule has 0 unspecified atom stereocenters. The molecule has 1 saturated heterocycles. The van der Waals surface area contributed by atoms with Gasteiger partial charge in [0.1, 0.15) is 5.75 Å². The predicted octanol–water partition coefficient (Wildman–Crippen LogP) is 5.21. The zero-order chi connectivity index (χ0) is 25.8. The molecule has 0 spiro atoms. The molecular formula is C24H15N3O8S. The number of hydrogen-bond acceptors (Lipinski definition) is 9. The molecule has 0 aliphatic carbocycles. The van der Waals surface area contributed by atoms with Crippen molar-refractivity contribution in [2.24, 2.45) is 0 Å². The van der Waals surface area contributed by atoms with Crippen LogP contribution in [0.1, 0.15) is 15.9 Å². The van der Waals surface area contributed by atoms with Crippen molar-refractivity contribution in [2.75, 3.05) is 6.54 Å². The number of thioether (sulfide) groups is 1. The lowest BCUT2D eigenvalue weighted by atomic mass is 10.1. The normalized spacial score (nSPS) is 14.2. The van der Waals surface area contributed by atoms with Gasteiger partial charge in [-0.2, -0.15) is 0 Å². The predicted molar refractivity (Wildman–Crippen MR) is 130 cm³/mol. The van der Waals surface area contributed by atoms with Gasteiger partial charge in [0.2, 0.25) is 5.75 Å². The van der Waals surface area contributed by atoms with Gasteiger partial charge < -0.3 is 4.74 Å². The van der Waals surface area contributed by atoms with Gasteiger partial charge in [0.25, 0.3) is 16.8 Å². The molecule has 11 nitrogen and oxygen atoms in total. The van der Waals surface area contributed by atoms with Crippen molar-refractivity contribution in [3.63, 3.8) is 0 Å². The largest absolute Gasteiger partial charge is 0.450 e. The summed E-state index contributed by atoms with van der Waals surface area (Å²) < 4.78 is 5.57. The van der Waals surface area contributed by atoms with E-state index in [0.29, 0.717) is 22.9 Å². The third-order valence-electron chi connectivity index (χ3n) is 5.00. The molecular weight excluding hydrogens is 490 g/mol. The summed E-state index contributed by atoms with van der Waals surface area (Å²) in [5.74, 6) is -1.03. The second-order valence-corrected chi connectivity index (χ2v) is 8.39. The summed E-state index contributed by atoms with van der Waals surface area (Å²) in [6.45, 7) is -0.390. The highest BCUT2D eigenvalue weighted by atomic mass is 32.2. The van der Waals surface area contributed by atoms with Gasteiger partial charge in [-0.3, -0.25) is 39.5 Å². The highest BCUT2D eigenvalue weighted by molar-refractivity contribution is 8.18. The highest BCUT2D eigenvalue weighted by Crippen LogP contribution is 2.36. The lowest BCUT2D eigenvalue weighted by molar-refractivity contribution is -0.394. The first-order valence-corrected chi connectivity index (χ1v) is 11.1. The Labute approximate surface area is 207 Å². The average molecular weight is 505 g/mol. The van der Waals surface area contributed by atoms with E-state index in [1.54, 1.807) is 42.5 Å². The first-order chi connectivity index (χ1) is 17.2. The Kier molecular flexibility index (Phi) is 6.88. The summed E-state index contributed by atoms with van der Waals surface area (Å²) in [6, 6.07) is 17.5. The maximum absolute atomic E-state index is 12.8. The van der Waals surface area contributed by atoms with Crippen molar-refractivity contribution in [3.05, 3.63) is 109 Å². The fourth-order valence-electron chi connectivity index (χ4n) is 3.29. The van der Waals surface area contributed by atoms with Crippen LogP contribution < -0.4 is 4.74 Å². The number of carbonyl (C=O) groups excluding carboxylic acids is 3. The van der Waals surface area contributed by atoms with Gasteiger partial charge in [0.05, 0.1) is 27.4 Å². The minimum absolute atomic E-state index is 0.0966.